The van der Waals surface area contributed by atoms with Gasteiger partial charge in [0, 0.05) is 25.3 Å². The summed E-state index contributed by atoms with van der Waals surface area (Å²) in [6.45, 7) is 6.96. The number of carbonyl (C=O) groups is 1. The Morgan fingerprint density at radius 2 is 1.97 bits per heavy atom. The highest BCUT2D eigenvalue weighted by molar-refractivity contribution is 7.98. The molecular formula is C21H27N7O2S. The standard InChI is InChI=1S/C21H27N7O2S/c1-21(2,3)30-20(29)27-11-8-14(9-12-27)24-17-5-6-18-23-13-16(28(18)26-17)15-7-10-22-19(25-15)31-4/h5-7,10,13-14H,8-9,11-12H2,1-4H3,(H,24,26). The predicted molar refractivity (Wildman–Crippen MR) is 120 cm³/mol. The summed E-state index contributed by atoms with van der Waals surface area (Å²) in [4.78, 5) is 27.3. The number of thioether (sulfide) groups is 1. The van der Waals surface area contributed by atoms with Crippen LogP contribution < -0.4 is 5.32 Å². The Labute approximate surface area is 185 Å². The van der Waals surface area contributed by atoms with Crippen molar-refractivity contribution < 1.29 is 9.53 Å². The van der Waals surface area contributed by atoms with Crippen molar-refractivity contribution in [3.8, 4) is 11.4 Å². The first kappa shape index (κ1) is 21.4. The first-order valence-corrected chi connectivity index (χ1v) is 11.5. The van der Waals surface area contributed by atoms with Crippen molar-refractivity contribution in [1.82, 2.24) is 29.5 Å². The lowest BCUT2D eigenvalue weighted by atomic mass is 10.1. The summed E-state index contributed by atoms with van der Waals surface area (Å²) in [7, 11) is 0. The van der Waals surface area contributed by atoms with Gasteiger partial charge in [0.15, 0.2) is 10.8 Å². The highest BCUT2D eigenvalue weighted by atomic mass is 32.2. The van der Waals surface area contributed by atoms with Crippen molar-refractivity contribution in [3.63, 3.8) is 0 Å². The molecule has 9 nitrogen and oxygen atoms in total. The van der Waals surface area contributed by atoms with Gasteiger partial charge in [-0.3, -0.25) is 0 Å². The van der Waals surface area contributed by atoms with Crippen molar-refractivity contribution in [3.05, 3.63) is 30.6 Å². The first-order valence-electron chi connectivity index (χ1n) is 10.3. The maximum Gasteiger partial charge on any atom is 0.410 e. The van der Waals surface area contributed by atoms with Crippen LogP contribution in [-0.4, -0.2) is 66.5 Å². The molecule has 1 aliphatic heterocycles. The van der Waals surface area contributed by atoms with Gasteiger partial charge in [-0.1, -0.05) is 11.8 Å². The van der Waals surface area contributed by atoms with Crippen LogP contribution in [0.4, 0.5) is 10.6 Å². The Hall–Kier alpha value is -2.88. The molecule has 164 valence electrons. The minimum atomic E-state index is -0.478. The highest BCUT2D eigenvalue weighted by Gasteiger charge is 2.27. The average Bonchev–Trinajstić information content (AvgIpc) is 3.16. The lowest BCUT2D eigenvalue weighted by Crippen LogP contribution is -2.44. The highest BCUT2D eigenvalue weighted by Crippen LogP contribution is 2.22. The zero-order chi connectivity index (χ0) is 22.0. The second kappa shape index (κ2) is 8.70. The molecular weight excluding hydrogens is 414 g/mol. The second-order valence-electron chi connectivity index (χ2n) is 8.45. The zero-order valence-corrected chi connectivity index (χ0v) is 19.0. The summed E-state index contributed by atoms with van der Waals surface area (Å²) in [6, 6.07) is 5.96. The van der Waals surface area contributed by atoms with Gasteiger partial charge < -0.3 is 15.0 Å². The van der Waals surface area contributed by atoms with Crippen molar-refractivity contribution in [2.24, 2.45) is 0 Å². The molecule has 0 atom stereocenters. The fraction of sp³-hybridized carbons (Fsp3) is 0.476. The maximum atomic E-state index is 12.3. The summed E-state index contributed by atoms with van der Waals surface area (Å²) >= 11 is 1.50. The van der Waals surface area contributed by atoms with Crippen LogP contribution in [0, 0.1) is 0 Å². The average molecular weight is 442 g/mol. The van der Waals surface area contributed by atoms with E-state index in [4.69, 9.17) is 9.84 Å². The molecule has 0 aliphatic carbocycles. The molecule has 0 spiro atoms. The van der Waals surface area contributed by atoms with E-state index in [1.165, 1.54) is 11.8 Å². The van der Waals surface area contributed by atoms with Crippen LogP contribution in [0.2, 0.25) is 0 Å². The summed E-state index contributed by atoms with van der Waals surface area (Å²) < 4.78 is 7.27. The zero-order valence-electron chi connectivity index (χ0n) is 18.2. The Kier molecular flexibility index (Phi) is 5.99. The summed E-state index contributed by atoms with van der Waals surface area (Å²) in [5.41, 5.74) is 1.87. The molecule has 1 saturated heterocycles. The number of ether oxygens (including phenoxy) is 1. The molecule has 0 aromatic carbocycles. The van der Waals surface area contributed by atoms with Crippen LogP contribution in [0.15, 0.2) is 35.7 Å². The number of likely N-dealkylation sites (tertiary alicyclic amines) is 1. The van der Waals surface area contributed by atoms with Gasteiger partial charge in [0.25, 0.3) is 0 Å². The van der Waals surface area contributed by atoms with Crippen molar-refractivity contribution in [2.45, 2.75) is 50.4 Å². The largest absolute Gasteiger partial charge is 0.444 e. The van der Waals surface area contributed by atoms with Crippen molar-refractivity contribution >= 4 is 29.3 Å². The van der Waals surface area contributed by atoms with Crippen molar-refractivity contribution in [2.75, 3.05) is 24.7 Å². The van der Waals surface area contributed by atoms with Gasteiger partial charge in [0.2, 0.25) is 0 Å². The number of fused-ring (bicyclic) bond motifs is 1. The number of hydrogen-bond donors (Lipinski definition) is 1. The van der Waals surface area contributed by atoms with E-state index < -0.39 is 5.60 Å². The SMILES string of the molecule is CSc1nccc(-c2cnc3ccc(NC4CCN(C(=O)OC(C)(C)C)CC4)nn23)n1. The molecule has 1 amide bonds. The summed E-state index contributed by atoms with van der Waals surface area (Å²) in [6.07, 6.45) is 6.88. The number of nitrogens with zero attached hydrogens (tertiary/aromatic N) is 6. The van der Waals surface area contributed by atoms with E-state index in [0.717, 1.165) is 35.7 Å². The smallest absolute Gasteiger partial charge is 0.410 e. The molecule has 4 rings (SSSR count). The van der Waals surface area contributed by atoms with Gasteiger partial charge in [-0.05, 0) is 58.1 Å². The van der Waals surface area contributed by atoms with E-state index in [1.807, 2.05) is 45.2 Å². The molecule has 3 aromatic heterocycles. The van der Waals surface area contributed by atoms with E-state index in [-0.39, 0.29) is 12.1 Å². The van der Waals surface area contributed by atoms with Crippen LogP contribution in [0.1, 0.15) is 33.6 Å². The number of imidazole rings is 1. The molecule has 0 saturated carbocycles. The van der Waals surface area contributed by atoms with E-state index in [9.17, 15) is 4.79 Å². The third-order valence-electron chi connectivity index (χ3n) is 4.94. The Morgan fingerprint density at radius 3 is 2.68 bits per heavy atom. The normalized spacial score (nSPS) is 15.3. The number of hydrogen-bond acceptors (Lipinski definition) is 8. The van der Waals surface area contributed by atoms with E-state index in [1.54, 1.807) is 21.8 Å². The minimum Gasteiger partial charge on any atom is -0.444 e. The van der Waals surface area contributed by atoms with Gasteiger partial charge in [0.1, 0.15) is 17.1 Å². The third-order valence-corrected chi connectivity index (χ3v) is 5.50. The van der Waals surface area contributed by atoms with E-state index in [0.29, 0.717) is 18.2 Å². The fourth-order valence-corrected chi connectivity index (χ4v) is 3.80. The van der Waals surface area contributed by atoms with Crippen LogP contribution in [0.25, 0.3) is 17.0 Å². The number of anilines is 1. The minimum absolute atomic E-state index is 0.234. The van der Waals surface area contributed by atoms with E-state index >= 15 is 0 Å². The number of rotatable bonds is 4. The fourth-order valence-electron chi connectivity index (χ4n) is 3.45. The molecule has 1 aliphatic rings. The summed E-state index contributed by atoms with van der Waals surface area (Å²) in [5, 5.41) is 8.94. The maximum absolute atomic E-state index is 12.3. The van der Waals surface area contributed by atoms with Gasteiger partial charge >= 0.3 is 6.09 Å². The predicted octanol–water partition coefficient (Wildman–Crippen LogP) is 3.72. The molecule has 3 aromatic rings. The second-order valence-corrected chi connectivity index (χ2v) is 9.22. The number of amides is 1. The Morgan fingerprint density at radius 1 is 1.19 bits per heavy atom. The Balaban J connectivity index is 1.45. The molecule has 1 N–H and O–H groups in total. The lowest BCUT2D eigenvalue weighted by molar-refractivity contribution is 0.0210. The van der Waals surface area contributed by atoms with Crippen LogP contribution in [-0.2, 0) is 4.74 Å². The molecule has 4 heterocycles. The van der Waals surface area contributed by atoms with Gasteiger partial charge in [-0.25, -0.2) is 24.3 Å². The van der Waals surface area contributed by atoms with E-state index in [2.05, 4.69) is 20.3 Å². The Bertz CT molecular complexity index is 1070. The van der Waals surface area contributed by atoms with Crippen molar-refractivity contribution in [1.29, 1.82) is 0 Å². The monoisotopic (exact) mass is 441 g/mol. The molecule has 10 heteroatoms. The molecule has 0 radical (unpaired) electrons. The quantitative estimate of drug-likeness (QED) is 0.483. The topological polar surface area (TPSA) is 97.5 Å². The third kappa shape index (κ3) is 5.07. The van der Waals surface area contributed by atoms with Gasteiger partial charge in [-0.2, -0.15) is 0 Å². The van der Waals surface area contributed by atoms with Gasteiger partial charge in [0.05, 0.1) is 11.9 Å². The first-order chi connectivity index (χ1) is 14.8. The van der Waals surface area contributed by atoms with Crippen LogP contribution in [0.3, 0.4) is 0 Å². The molecule has 0 bridgehead atoms. The molecule has 31 heavy (non-hydrogen) atoms. The summed E-state index contributed by atoms with van der Waals surface area (Å²) in [5.74, 6) is 0.765. The number of piperidine rings is 1. The molecule has 0 unspecified atom stereocenters. The lowest BCUT2D eigenvalue weighted by Gasteiger charge is -2.33. The molecule has 1 fully saturated rings. The van der Waals surface area contributed by atoms with Gasteiger partial charge in [-0.15, -0.1) is 5.10 Å². The number of nitrogens with one attached hydrogen (secondary N) is 1. The van der Waals surface area contributed by atoms with Crippen LogP contribution in [0.5, 0.6) is 0 Å². The number of carbonyl (C=O) groups excluding carboxylic acids is 1. The van der Waals surface area contributed by atoms with Crippen LogP contribution >= 0.6 is 11.8 Å². The number of aromatic nitrogens is 5.